The van der Waals surface area contributed by atoms with Crippen molar-refractivity contribution in [1.82, 2.24) is 14.5 Å². The van der Waals surface area contributed by atoms with Gasteiger partial charge in [-0.1, -0.05) is 29.8 Å². The molecule has 148 valence electrons. The molecule has 4 rings (SSSR count). The van der Waals surface area contributed by atoms with Crippen LogP contribution in [0.3, 0.4) is 0 Å². The minimum atomic E-state index is -3.75. The molecule has 0 bridgehead atoms. The number of halogens is 2. The number of hydrogen-bond acceptors (Lipinski definition) is 5. The van der Waals surface area contributed by atoms with Gasteiger partial charge in [-0.25, -0.2) is 22.8 Å². The zero-order chi connectivity index (χ0) is 20.8. The summed E-state index contributed by atoms with van der Waals surface area (Å²) < 4.78 is 42.5. The van der Waals surface area contributed by atoms with Gasteiger partial charge in [-0.3, -0.25) is 0 Å². The molecule has 2 aromatic heterocycles. The number of anilines is 1. The van der Waals surface area contributed by atoms with Crippen molar-refractivity contribution in [2.75, 3.05) is 5.73 Å². The Morgan fingerprint density at radius 3 is 2.55 bits per heavy atom. The average molecular weight is 431 g/mol. The fourth-order valence-electron chi connectivity index (χ4n) is 3.27. The molecule has 2 N–H and O–H groups in total. The number of fused-ring (bicyclic) bond motifs is 1. The summed E-state index contributed by atoms with van der Waals surface area (Å²) in [5.74, 6) is -0.879. The van der Waals surface area contributed by atoms with E-state index in [-0.39, 0.29) is 21.8 Å². The molecule has 0 unspecified atom stereocenters. The van der Waals surface area contributed by atoms with Gasteiger partial charge in [0.25, 0.3) is 0 Å². The quantitative estimate of drug-likeness (QED) is 0.528. The van der Waals surface area contributed by atoms with Crippen LogP contribution in [0.1, 0.15) is 5.56 Å². The second-order valence-corrected chi connectivity index (χ2v) is 9.03. The number of rotatable bonds is 4. The van der Waals surface area contributed by atoms with Gasteiger partial charge in [-0.2, -0.15) is 0 Å². The molecule has 0 aliphatic rings. The highest BCUT2D eigenvalue weighted by Gasteiger charge is 2.22. The predicted octanol–water partition coefficient (Wildman–Crippen LogP) is 3.98. The van der Waals surface area contributed by atoms with Crippen LogP contribution in [0.5, 0.6) is 0 Å². The Hall–Kier alpha value is -2.97. The van der Waals surface area contributed by atoms with Crippen molar-refractivity contribution in [2.24, 2.45) is 7.05 Å². The molecule has 0 amide bonds. The van der Waals surface area contributed by atoms with Crippen LogP contribution in [0.2, 0.25) is 5.02 Å². The van der Waals surface area contributed by atoms with E-state index in [1.165, 1.54) is 36.7 Å². The second kappa shape index (κ2) is 7.13. The number of nitrogens with two attached hydrogens (primary N) is 1. The first-order valence-corrected chi connectivity index (χ1v) is 10.6. The largest absolute Gasteiger partial charge is 0.383 e. The van der Waals surface area contributed by atoms with Crippen molar-refractivity contribution in [3.8, 4) is 11.1 Å². The smallest absolute Gasteiger partial charge is 0.182 e. The third kappa shape index (κ3) is 3.45. The highest BCUT2D eigenvalue weighted by atomic mass is 35.5. The predicted molar refractivity (Wildman–Crippen MR) is 111 cm³/mol. The lowest BCUT2D eigenvalue weighted by molar-refractivity contribution is 0.588. The van der Waals surface area contributed by atoms with Crippen molar-refractivity contribution in [3.05, 3.63) is 71.4 Å². The first-order chi connectivity index (χ1) is 13.8. The number of aryl methyl sites for hydroxylation is 1. The summed E-state index contributed by atoms with van der Waals surface area (Å²) in [7, 11) is -1.98. The van der Waals surface area contributed by atoms with E-state index in [0.29, 0.717) is 21.6 Å². The molecule has 0 aliphatic heterocycles. The SMILES string of the molecule is Cn1cc(-c2cccc(CS(=O)(=O)c3ccc(Cl)cc3)c2F)c2c(N)ncnc21. The zero-order valence-electron chi connectivity index (χ0n) is 15.3. The standard InChI is InChI=1S/C20H16ClFN4O2S/c1-26-9-16(17-19(23)24-11-25-20(17)26)15-4-2-3-12(18(15)22)10-29(27,28)14-7-5-13(21)6-8-14/h2-9,11H,10H2,1H3,(H2,23,24,25). The molecule has 0 aliphatic carbocycles. The Balaban J connectivity index is 1.81. The van der Waals surface area contributed by atoms with Gasteiger partial charge in [-0.15, -0.1) is 0 Å². The number of nitrogen functional groups attached to an aromatic ring is 1. The summed E-state index contributed by atoms with van der Waals surface area (Å²) in [5.41, 5.74) is 7.35. The molecule has 0 fully saturated rings. The van der Waals surface area contributed by atoms with Gasteiger partial charge >= 0.3 is 0 Å². The number of hydrogen-bond donors (Lipinski definition) is 1. The summed E-state index contributed by atoms with van der Waals surface area (Å²) in [6.07, 6.45) is 3.04. The lowest BCUT2D eigenvalue weighted by Gasteiger charge is -2.09. The number of nitrogens with zero attached hydrogens (tertiary/aromatic N) is 3. The summed E-state index contributed by atoms with van der Waals surface area (Å²) >= 11 is 5.82. The van der Waals surface area contributed by atoms with E-state index < -0.39 is 21.4 Å². The molecule has 2 aromatic carbocycles. The summed E-state index contributed by atoms with van der Waals surface area (Å²) in [6.45, 7) is 0. The molecule has 2 heterocycles. The summed E-state index contributed by atoms with van der Waals surface area (Å²) in [5, 5.41) is 0.944. The van der Waals surface area contributed by atoms with E-state index >= 15 is 4.39 Å². The van der Waals surface area contributed by atoms with Crippen LogP contribution in [-0.2, 0) is 22.6 Å². The van der Waals surface area contributed by atoms with E-state index in [2.05, 4.69) is 9.97 Å². The first-order valence-electron chi connectivity index (χ1n) is 8.59. The molecule has 0 radical (unpaired) electrons. The van der Waals surface area contributed by atoms with Crippen LogP contribution in [-0.4, -0.2) is 23.0 Å². The Kier molecular flexibility index (Phi) is 4.76. The third-order valence-corrected chi connectivity index (χ3v) is 6.60. The lowest BCUT2D eigenvalue weighted by Crippen LogP contribution is -2.07. The minimum absolute atomic E-state index is 0.0601. The average Bonchev–Trinajstić information content (AvgIpc) is 3.02. The maximum Gasteiger partial charge on any atom is 0.182 e. The molecular weight excluding hydrogens is 415 g/mol. The summed E-state index contributed by atoms with van der Waals surface area (Å²) in [6, 6.07) is 10.4. The van der Waals surface area contributed by atoms with E-state index in [9.17, 15) is 8.42 Å². The van der Waals surface area contributed by atoms with Crippen molar-refractivity contribution in [2.45, 2.75) is 10.6 Å². The van der Waals surface area contributed by atoms with Gasteiger partial charge in [0.1, 0.15) is 23.6 Å². The Labute approximate surface area is 171 Å². The Bertz CT molecular complexity index is 1330. The van der Waals surface area contributed by atoms with Crippen molar-refractivity contribution >= 4 is 38.3 Å². The second-order valence-electron chi connectivity index (χ2n) is 6.60. The van der Waals surface area contributed by atoms with Crippen molar-refractivity contribution in [1.29, 1.82) is 0 Å². The van der Waals surface area contributed by atoms with Crippen molar-refractivity contribution < 1.29 is 12.8 Å². The highest BCUT2D eigenvalue weighted by molar-refractivity contribution is 7.90. The number of aromatic nitrogens is 3. The van der Waals surface area contributed by atoms with Crippen LogP contribution in [0.15, 0.2) is 59.9 Å². The lowest BCUT2D eigenvalue weighted by atomic mass is 10.0. The molecule has 29 heavy (non-hydrogen) atoms. The van der Waals surface area contributed by atoms with Crippen LogP contribution in [0, 0.1) is 5.82 Å². The van der Waals surface area contributed by atoms with E-state index in [1.807, 2.05) is 0 Å². The maximum atomic E-state index is 15.4. The van der Waals surface area contributed by atoms with Gasteiger partial charge in [0, 0.05) is 35.0 Å². The van der Waals surface area contributed by atoms with Gasteiger partial charge in [0.15, 0.2) is 9.84 Å². The van der Waals surface area contributed by atoms with E-state index in [1.54, 1.807) is 29.9 Å². The first kappa shape index (κ1) is 19.4. The van der Waals surface area contributed by atoms with E-state index in [0.717, 1.165) is 0 Å². The van der Waals surface area contributed by atoms with E-state index in [4.69, 9.17) is 17.3 Å². The number of benzene rings is 2. The molecule has 6 nitrogen and oxygen atoms in total. The molecular formula is C20H16ClFN4O2S. The fraction of sp³-hybridized carbons (Fsp3) is 0.100. The van der Waals surface area contributed by atoms with Gasteiger partial charge in [0.2, 0.25) is 0 Å². The normalized spacial score (nSPS) is 11.8. The van der Waals surface area contributed by atoms with Crippen LogP contribution in [0.4, 0.5) is 10.2 Å². The molecule has 4 aromatic rings. The van der Waals surface area contributed by atoms with Crippen molar-refractivity contribution in [3.63, 3.8) is 0 Å². The molecule has 0 saturated carbocycles. The molecule has 0 spiro atoms. The summed E-state index contributed by atoms with van der Waals surface area (Å²) in [4.78, 5) is 8.26. The molecule has 9 heteroatoms. The zero-order valence-corrected chi connectivity index (χ0v) is 16.9. The Morgan fingerprint density at radius 1 is 1.10 bits per heavy atom. The Morgan fingerprint density at radius 2 is 1.83 bits per heavy atom. The minimum Gasteiger partial charge on any atom is -0.383 e. The monoisotopic (exact) mass is 430 g/mol. The van der Waals surface area contributed by atoms with Gasteiger partial charge in [-0.05, 0) is 24.3 Å². The maximum absolute atomic E-state index is 15.4. The highest BCUT2D eigenvalue weighted by Crippen LogP contribution is 2.35. The fourth-order valence-corrected chi connectivity index (χ4v) is 4.74. The third-order valence-electron chi connectivity index (χ3n) is 4.67. The molecule has 0 saturated heterocycles. The van der Waals surface area contributed by atoms with Gasteiger partial charge in [0.05, 0.1) is 16.0 Å². The van der Waals surface area contributed by atoms with Crippen LogP contribution in [0.25, 0.3) is 22.2 Å². The van der Waals surface area contributed by atoms with Gasteiger partial charge < -0.3 is 10.3 Å². The topological polar surface area (TPSA) is 90.9 Å². The van der Waals surface area contributed by atoms with Crippen LogP contribution >= 0.6 is 11.6 Å². The molecule has 0 atom stereocenters. The van der Waals surface area contributed by atoms with Crippen LogP contribution < -0.4 is 5.73 Å². The number of sulfone groups is 1.